The minimum Gasteiger partial charge on any atom is -0.378 e. The number of nitrogens with zero attached hydrogens (tertiary/aromatic N) is 1. The van der Waals surface area contributed by atoms with Gasteiger partial charge in [0.1, 0.15) is 5.78 Å². The van der Waals surface area contributed by atoms with Crippen molar-refractivity contribution < 1.29 is 9.59 Å². The SMILES string of the molecule is CN(C)c1ccc([C@@H](CC(=O)c2ccc(Cl)cc2)[C@H]2CCCCC2=O)cc1. The van der Waals surface area contributed by atoms with Gasteiger partial charge in [-0.2, -0.15) is 0 Å². The summed E-state index contributed by atoms with van der Waals surface area (Å²) in [5.41, 5.74) is 2.83. The third kappa shape index (κ3) is 4.78. The van der Waals surface area contributed by atoms with Crippen LogP contribution in [0.1, 0.15) is 53.9 Å². The Bertz CT molecular complexity index is 796. The number of rotatable bonds is 6. The van der Waals surface area contributed by atoms with Crippen LogP contribution in [0.25, 0.3) is 0 Å². The summed E-state index contributed by atoms with van der Waals surface area (Å²) in [7, 11) is 4.00. The van der Waals surface area contributed by atoms with Gasteiger partial charge in [-0.1, -0.05) is 30.2 Å². The molecule has 0 aromatic heterocycles. The molecule has 0 amide bonds. The van der Waals surface area contributed by atoms with Gasteiger partial charge in [0.25, 0.3) is 0 Å². The Balaban J connectivity index is 1.88. The van der Waals surface area contributed by atoms with Crippen LogP contribution in [0.2, 0.25) is 5.02 Å². The molecule has 2 aromatic rings. The first-order valence-corrected chi connectivity index (χ1v) is 9.92. The fourth-order valence-corrected chi connectivity index (χ4v) is 4.03. The summed E-state index contributed by atoms with van der Waals surface area (Å²) in [6.07, 6.45) is 3.86. The van der Waals surface area contributed by atoms with Crippen LogP contribution in [0.15, 0.2) is 48.5 Å². The van der Waals surface area contributed by atoms with Crippen LogP contribution in [0.3, 0.4) is 0 Å². The molecule has 1 fully saturated rings. The topological polar surface area (TPSA) is 37.4 Å². The summed E-state index contributed by atoms with van der Waals surface area (Å²) in [6, 6.07) is 15.3. The number of carbonyl (C=O) groups excluding carboxylic acids is 2. The molecule has 27 heavy (non-hydrogen) atoms. The molecule has 142 valence electrons. The van der Waals surface area contributed by atoms with Crippen LogP contribution < -0.4 is 4.90 Å². The maximum Gasteiger partial charge on any atom is 0.163 e. The van der Waals surface area contributed by atoms with Gasteiger partial charge in [-0.15, -0.1) is 0 Å². The number of halogens is 1. The van der Waals surface area contributed by atoms with Crippen LogP contribution >= 0.6 is 11.6 Å². The molecule has 4 heteroatoms. The molecule has 1 aliphatic carbocycles. The summed E-state index contributed by atoms with van der Waals surface area (Å²) in [4.78, 5) is 27.6. The molecule has 2 atom stereocenters. The van der Waals surface area contributed by atoms with E-state index >= 15 is 0 Å². The monoisotopic (exact) mass is 383 g/mol. The molecule has 0 saturated heterocycles. The molecule has 0 N–H and O–H groups in total. The number of Topliss-reactive ketones (excluding diaryl/α,β-unsaturated/α-hetero) is 2. The largest absolute Gasteiger partial charge is 0.378 e. The summed E-state index contributed by atoms with van der Waals surface area (Å²) < 4.78 is 0. The molecule has 1 aliphatic rings. The number of benzene rings is 2. The summed E-state index contributed by atoms with van der Waals surface area (Å²) in [5, 5.41) is 0.616. The average Bonchev–Trinajstić information content (AvgIpc) is 2.67. The van der Waals surface area contributed by atoms with Crippen molar-refractivity contribution in [2.75, 3.05) is 19.0 Å². The highest BCUT2D eigenvalue weighted by Gasteiger charge is 2.33. The zero-order valence-corrected chi connectivity index (χ0v) is 16.7. The Kier molecular flexibility index (Phi) is 6.33. The minimum atomic E-state index is -0.0720. The van der Waals surface area contributed by atoms with Crippen molar-refractivity contribution in [2.45, 2.75) is 38.0 Å². The number of ketones is 2. The van der Waals surface area contributed by atoms with Crippen molar-refractivity contribution in [3.8, 4) is 0 Å². The molecule has 0 heterocycles. The number of anilines is 1. The standard InChI is InChI=1S/C23H26ClNO2/c1-25(2)19-13-9-16(10-14-19)21(20-5-3-4-6-22(20)26)15-23(27)17-7-11-18(24)12-8-17/h7-14,20-21H,3-6,15H2,1-2H3/t20-,21-/m1/s1. The van der Waals surface area contributed by atoms with Gasteiger partial charge in [-0.3, -0.25) is 9.59 Å². The maximum absolute atomic E-state index is 12.9. The van der Waals surface area contributed by atoms with Crippen LogP contribution in [-0.2, 0) is 4.79 Å². The Labute approximate surface area is 166 Å². The Hall–Kier alpha value is -2.13. The van der Waals surface area contributed by atoms with Gasteiger partial charge in [0.05, 0.1) is 0 Å². The highest BCUT2D eigenvalue weighted by molar-refractivity contribution is 6.30. The highest BCUT2D eigenvalue weighted by Crippen LogP contribution is 2.37. The van der Waals surface area contributed by atoms with E-state index in [4.69, 9.17) is 11.6 Å². The van der Waals surface area contributed by atoms with Gasteiger partial charge in [0.2, 0.25) is 0 Å². The smallest absolute Gasteiger partial charge is 0.163 e. The minimum absolute atomic E-state index is 0.0618. The zero-order chi connectivity index (χ0) is 19.4. The van der Waals surface area contributed by atoms with Gasteiger partial charge >= 0.3 is 0 Å². The van der Waals surface area contributed by atoms with Gasteiger partial charge < -0.3 is 4.90 Å². The van der Waals surface area contributed by atoms with Crippen LogP contribution in [-0.4, -0.2) is 25.7 Å². The third-order valence-electron chi connectivity index (χ3n) is 5.50. The van der Waals surface area contributed by atoms with Crippen LogP contribution in [0, 0.1) is 5.92 Å². The number of hydrogen-bond donors (Lipinski definition) is 0. The highest BCUT2D eigenvalue weighted by atomic mass is 35.5. The van der Waals surface area contributed by atoms with E-state index in [1.165, 1.54) is 0 Å². The molecular formula is C23H26ClNO2. The average molecular weight is 384 g/mol. The molecule has 0 bridgehead atoms. The van der Waals surface area contributed by atoms with E-state index in [0.29, 0.717) is 29.2 Å². The number of hydrogen-bond acceptors (Lipinski definition) is 3. The lowest BCUT2D eigenvalue weighted by atomic mass is 9.73. The number of carbonyl (C=O) groups is 2. The normalized spacial score (nSPS) is 18.2. The predicted octanol–water partition coefficient (Wildman–Crippen LogP) is 5.52. The summed E-state index contributed by atoms with van der Waals surface area (Å²) in [5.74, 6) is 0.218. The maximum atomic E-state index is 12.9. The molecule has 1 saturated carbocycles. The fraction of sp³-hybridized carbons (Fsp3) is 0.391. The first-order valence-electron chi connectivity index (χ1n) is 9.54. The van der Waals surface area contributed by atoms with Crippen molar-refractivity contribution in [1.29, 1.82) is 0 Å². The van der Waals surface area contributed by atoms with Crippen molar-refractivity contribution in [2.24, 2.45) is 5.92 Å². The third-order valence-corrected chi connectivity index (χ3v) is 5.75. The Morgan fingerprint density at radius 2 is 1.74 bits per heavy atom. The fourth-order valence-electron chi connectivity index (χ4n) is 3.90. The van der Waals surface area contributed by atoms with Crippen LogP contribution in [0.5, 0.6) is 0 Å². The van der Waals surface area contributed by atoms with Crippen LogP contribution in [0.4, 0.5) is 5.69 Å². The molecule has 3 rings (SSSR count). The van der Waals surface area contributed by atoms with Gasteiger partial charge in [-0.05, 0) is 54.8 Å². The van der Waals surface area contributed by atoms with Crippen molar-refractivity contribution in [3.63, 3.8) is 0 Å². The van der Waals surface area contributed by atoms with E-state index < -0.39 is 0 Å². The second-order valence-electron chi connectivity index (χ2n) is 7.55. The first kappa shape index (κ1) is 19.6. The zero-order valence-electron chi connectivity index (χ0n) is 16.0. The lowest BCUT2D eigenvalue weighted by molar-refractivity contribution is -0.125. The molecule has 0 radical (unpaired) electrons. The van der Waals surface area contributed by atoms with E-state index in [-0.39, 0.29) is 17.6 Å². The summed E-state index contributed by atoms with van der Waals surface area (Å²) in [6.45, 7) is 0. The Morgan fingerprint density at radius 3 is 2.33 bits per heavy atom. The second-order valence-corrected chi connectivity index (χ2v) is 7.98. The van der Waals surface area contributed by atoms with E-state index in [2.05, 4.69) is 24.3 Å². The van der Waals surface area contributed by atoms with E-state index in [0.717, 1.165) is 30.5 Å². The molecule has 0 unspecified atom stereocenters. The van der Waals surface area contributed by atoms with Crippen molar-refractivity contribution in [1.82, 2.24) is 0 Å². The molecule has 0 aliphatic heterocycles. The van der Waals surface area contributed by atoms with Gasteiger partial charge in [0.15, 0.2) is 5.78 Å². The predicted molar refractivity (Wildman–Crippen MR) is 111 cm³/mol. The van der Waals surface area contributed by atoms with Crippen molar-refractivity contribution >= 4 is 28.9 Å². The van der Waals surface area contributed by atoms with Crippen molar-refractivity contribution in [3.05, 3.63) is 64.7 Å². The molecular weight excluding hydrogens is 358 g/mol. The van der Waals surface area contributed by atoms with E-state index in [1.54, 1.807) is 24.3 Å². The molecule has 2 aromatic carbocycles. The van der Waals surface area contributed by atoms with E-state index in [1.807, 2.05) is 19.0 Å². The van der Waals surface area contributed by atoms with Gasteiger partial charge in [-0.25, -0.2) is 0 Å². The quantitative estimate of drug-likeness (QED) is 0.616. The lowest BCUT2D eigenvalue weighted by Gasteiger charge is -2.29. The first-order chi connectivity index (χ1) is 13.0. The lowest BCUT2D eigenvalue weighted by Crippen LogP contribution is -2.27. The summed E-state index contributed by atoms with van der Waals surface area (Å²) >= 11 is 5.94. The second kappa shape index (κ2) is 8.71. The molecule has 0 spiro atoms. The van der Waals surface area contributed by atoms with Gasteiger partial charge in [0, 0.05) is 55.0 Å². The van der Waals surface area contributed by atoms with E-state index in [9.17, 15) is 9.59 Å². The Morgan fingerprint density at radius 1 is 1.07 bits per heavy atom. The molecule has 3 nitrogen and oxygen atoms in total.